The average Bonchev–Trinajstić information content (AvgIpc) is 3.31. The van der Waals surface area contributed by atoms with Crippen LogP contribution in [0.15, 0.2) is 59.3 Å². The highest BCUT2D eigenvalue weighted by Gasteiger charge is 2.32. The van der Waals surface area contributed by atoms with Gasteiger partial charge in [-0.25, -0.2) is 0 Å². The van der Waals surface area contributed by atoms with Gasteiger partial charge in [0, 0.05) is 18.5 Å². The summed E-state index contributed by atoms with van der Waals surface area (Å²) in [5.74, 6) is 1.22. The summed E-state index contributed by atoms with van der Waals surface area (Å²) in [6.45, 7) is 4.52. The molecule has 0 fully saturated rings. The lowest BCUT2D eigenvalue weighted by Gasteiger charge is -2.18. The van der Waals surface area contributed by atoms with Crippen LogP contribution in [0, 0.1) is 0 Å². The molecule has 3 aromatic rings. The summed E-state index contributed by atoms with van der Waals surface area (Å²) < 4.78 is 11.7. The minimum absolute atomic E-state index is 0.0408. The lowest BCUT2D eigenvalue weighted by molar-refractivity contribution is -0.123. The molecule has 1 aromatic heterocycles. The molecule has 0 bridgehead atoms. The number of benzene rings is 2. The first-order valence-electron chi connectivity index (χ1n) is 9.33. The van der Waals surface area contributed by atoms with E-state index in [0.717, 1.165) is 28.9 Å². The van der Waals surface area contributed by atoms with Crippen molar-refractivity contribution in [1.29, 1.82) is 0 Å². The van der Waals surface area contributed by atoms with Gasteiger partial charge in [0.15, 0.2) is 18.1 Å². The Morgan fingerprint density at radius 2 is 2.04 bits per heavy atom. The third-order valence-electron chi connectivity index (χ3n) is 4.74. The molecule has 4 rings (SSSR count). The molecular formula is C23H23NO3S. The van der Waals surface area contributed by atoms with Crippen LogP contribution in [0.3, 0.4) is 0 Å². The summed E-state index contributed by atoms with van der Waals surface area (Å²) in [7, 11) is 0. The Hall–Kier alpha value is -2.79. The highest BCUT2D eigenvalue weighted by Crippen LogP contribution is 2.41. The topological polar surface area (TPSA) is 47.6 Å². The molecule has 0 radical (unpaired) electrons. The highest BCUT2D eigenvalue weighted by atomic mass is 32.1. The molecular weight excluding hydrogens is 370 g/mol. The zero-order chi connectivity index (χ0) is 19.6. The number of carbonyl (C=O) groups excluding carboxylic acids is 1. The SMILES string of the molecule is CC1(C)Cc2cccc(OCC(=O)NCc3ccccc3-c3ccsc3)c2O1. The number of amides is 1. The summed E-state index contributed by atoms with van der Waals surface area (Å²) in [5, 5.41) is 7.12. The zero-order valence-corrected chi connectivity index (χ0v) is 16.8. The van der Waals surface area contributed by atoms with Crippen LogP contribution >= 0.6 is 11.3 Å². The van der Waals surface area contributed by atoms with Crippen LogP contribution in [0.25, 0.3) is 11.1 Å². The van der Waals surface area contributed by atoms with Gasteiger partial charge in [-0.1, -0.05) is 36.4 Å². The quantitative estimate of drug-likeness (QED) is 0.653. The number of thiophene rings is 1. The molecule has 2 heterocycles. The van der Waals surface area contributed by atoms with Crippen LogP contribution in [0.4, 0.5) is 0 Å². The van der Waals surface area contributed by atoms with E-state index in [9.17, 15) is 4.79 Å². The Balaban J connectivity index is 1.37. The molecule has 0 unspecified atom stereocenters. The average molecular weight is 394 g/mol. The second-order valence-corrected chi connectivity index (χ2v) is 8.30. The molecule has 1 N–H and O–H groups in total. The number of para-hydroxylation sites is 1. The minimum atomic E-state index is -0.241. The van der Waals surface area contributed by atoms with Crippen LogP contribution in [-0.4, -0.2) is 18.1 Å². The third kappa shape index (κ3) is 4.04. The second-order valence-electron chi connectivity index (χ2n) is 7.52. The largest absolute Gasteiger partial charge is 0.483 e. The molecule has 1 amide bonds. The molecule has 0 spiro atoms. The standard InChI is InChI=1S/C23H23NO3S/c1-23(2)12-16-7-5-9-20(22(16)27-23)26-14-21(25)24-13-17-6-3-4-8-19(17)18-10-11-28-15-18/h3-11,15H,12-14H2,1-2H3,(H,24,25). The normalized spacial score (nSPS) is 14.2. The molecule has 1 aliphatic heterocycles. The van der Waals surface area contributed by atoms with Gasteiger partial charge in [0.05, 0.1) is 0 Å². The Labute approximate surface area is 169 Å². The van der Waals surface area contributed by atoms with Crippen molar-refractivity contribution in [3.8, 4) is 22.6 Å². The number of fused-ring (bicyclic) bond motifs is 1. The predicted molar refractivity (Wildman–Crippen MR) is 112 cm³/mol. The highest BCUT2D eigenvalue weighted by molar-refractivity contribution is 7.08. The first-order chi connectivity index (χ1) is 13.5. The molecule has 0 saturated heterocycles. The van der Waals surface area contributed by atoms with Crippen LogP contribution in [0.5, 0.6) is 11.5 Å². The summed E-state index contributed by atoms with van der Waals surface area (Å²) in [5.41, 5.74) is 4.27. The summed E-state index contributed by atoms with van der Waals surface area (Å²) in [6, 6.07) is 16.0. The van der Waals surface area contributed by atoms with Gasteiger partial charge in [0.1, 0.15) is 5.60 Å². The molecule has 0 saturated carbocycles. The van der Waals surface area contributed by atoms with Crippen molar-refractivity contribution in [1.82, 2.24) is 5.32 Å². The number of carbonyl (C=O) groups is 1. The number of nitrogens with one attached hydrogen (secondary N) is 1. The fourth-order valence-electron chi connectivity index (χ4n) is 3.46. The van der Waals surface area contributed by atoms with E-state index in [-0.39, 0.29) is 18.1 Å². The minimum Gasteiger partial charge on any atom is -0.483 e. The summed E-state index contributed by atoms with van der Waals surface area (Å²) in [4.78, 5) is 12.3. The molecule has 0 aliphatic carbocycles. The van der Waals surface area contributed by atoms with Gasteiger partial charge in [-0.05, 0) is 53.4 Å². The van der Waals surface area contributed by atoms with E-state index in [0.29, 0.717) is 12.3 Å². The van der Waals surface area contributed by atoms with Gasteiger partial charge >= 0.3 is 0 Å². The fraction of sp³-hybridized carbons (Fsp3) is 0.261. The van der Waals surface area contributed by atoms with Gasteiger partial charge in [-0.2, -0.15) is 11.3 Å². The molecule has 0 atom stereocenters. The maximum Gasteiger partial charge on any atom is 0.258 e. The van der Waals surface area contributed by atoms with Gasteiger partial charge in [-0.15, -0.1) is 0 Å². The van der Waals surface area contributed by atoms with E-state index < -0.39 is 0 Å². The first kappa shape index (κ1) is 18.6. The van der Waals surface area contributed by atoms with E-state index >= 15 is 0 Å². The van der Waals surface area contributed by atoms with Crippen LogP contribution in [0.1, 0.15) is 25.0 Å². The smallest absolute Gasteiger partial charge is 0.258 e. The van der Waals surface area contributed by atoms with Crippen molar-refractivity contribution in [2.45, 2.75) is 32.4 Å². The summed E-state index contributed by atoms with van der Waals surface area (Å²) in [6.07, 6.45) is 0.838. The monoisotopic (exact) mass is 393 g/mol. The third-order valence-corrected chi connectivity index (χ3v) is 5.42. The van der Waals surface area contributed by atoms with Crippen LogP contribution in [-0.2, 0) is 17.8 Å². The van der Waals surface area contributed by atoms with E-state index in [4.69, 9.17) is 9.47 Å². The predicted octanol–water partition coefficient (Wildman–Crippen LogP) is 4.82. The molecule has 28 heavy (non-hydrogen) atoms. The molecule has 144 valence electrons. The number of ether oxygens (including phenoxy) is 2. The van der Waals surface area contributed by atoms with E-state index in [1.54, 1.807) is 11.3 Å². The van der Waals surface area contributed by atoms with E-state index in [1.807, 2.05) is 36.4 Å². The number of hydrogen-bond acceptors (Lipinski definition) is 4. The van der Waals surface area contributed by atoms with Crippen molar-refractivity contribution in [2.75, 3.05) is 6.61 Å². The number of rotatable bonds is 6. The Morgan fingerprint density at radius 3 is 2.86 bits per heavy atom. The van der Waals surface area contributed by atoms with Crippen LogP contribution < -0.4 is 14.8 Å². The van der Waals surface area contributed by atoms with Crippen molar-refractivity contribution >= 4 is 17.2 Å². The fourth-order valence-corrected chi connectivity index (χ4v) is 4.12. The van der Waals surface area contributed by atoms with E-state index in [1.165, 1.54) is 5.56 Å². The molecule has 1 aliphatic rings. The lowest BCUT2D eigenvalue weighted by Crippen LogP contribution is -2.28. The van der Waals surface area contributed by atoms with Crippen LogP contribution in [0.2, 0.25) is 0 Å². The van der Waals surface area contributed by atoms with Gasteiger partial charge < -0.3 is 14.8 Å². The van der Waals surface area contributed by atoms with Gasteiger partial charge in [0.2, 0.25) is 0 Å². The Bertz CT molecular complexity index is 979. The maximum absolute atomic E-state index is 12.3. The van der Waals surface area contributed by atoms with E-state index in [2.05, 4.69) is 42.1 Å². The first-order valence-corrected chi connectivity index (χ1v) is 10.3. The lowest BCUT2D eigenvalue weighted by atomic mass is 10.0. The Morgan fingerprint density at radius 1 is 1.18 bits per heavy atom. The van der Waals surface area contributed by atoms with Gasteiger partial charge in [-0.3, -0.25) is 4.79 Å². The molecule has 5 heteroatoms. The Kier molecular flexibility index (Phi) is 5.09. The number of hydrogen-bond donors (Lipinski definition) is 1. The second kappa shape index (κ2) is 7.68. The molecule has 2 aromatic carbocycles. The molecule has 4 nitrogen and oxygen atoms in total. The maximum atomic E-state index is 12.3. The van der Waals surface area contributed by atoms with Crippen molar-refractivity contribution in [3.05, 3.63) is 70.4 Å². The zero-order valence-electron chi connectivity index (χ0n) is 16.0. The van der Waals surface area contributed by atoms with Crippen molar-refractivity contribution < 1.29 is 14.3 Å². The van der Waals surface area contributed by atoms with Crippen molar-refractivity contribution in [2.24, 2.45) is 0 Å². The van der Waals surface area contributed by atoms with Crippen molar-refractivity contribution in [3.63, 3.8) is 0 Å². The van der Waals surface area contributed by atoms with Gasteiger partial charge in [0.25, 0.3) is 5.91 Å². The summed E-state index contributed by atoms with van der Waals surface area (Å²) >= 11 is 1.66.